The number of para-hydroxylation sites is 1. The number of benzene rings is 2. The second kappa shape index (κ2) is 8.07. The van der Waals surface area contributed by atoms with Crippen molar-refractivity contribution in [3.05, 3.63) is 59.4 Å². The second-order valence-electron chi connectivity index (χ2n) is 5.47. The highest BCUT2D eigenvalue weighted by Crippen LogP contribution is 2.35. The van der Waals surface area contributed by atoms with Crippen LogP contribution in [0.5, 0.6) is 11.5 Å². The molecule has 2 rings (SSSR count). The quantitative estimate of drug-likeness (QED) is 0.778. The van der Waals surface area contributed by atoms with Gasteiger partial charge in [0.05, 0.1) is 18.7 Å². The fraction of sp³-hybridized carbons (Fsp3) is 0.278. The zero-order valence-electron chi connectivity index (χ0n) is 14.1. The first-order chi connectivity index (χ1) is 12.2. The van der Waals surface area contributed by atoms with Crippen molar-refractivity contribution < 1.29 is 31.8 Å². The molecule has 1 amide bonds. The van der Waals surface area contributed by atoms with Gasteiger partial charge in [0.1, 0.15) is 5.75 Å². The molecule has 0 saturated carbocycles. The topological polar surface area (TPSA) is 47.6 Å². The molecule has 0 bridgehead atoms. The average Bonchev–Trinajstić information content (AvgIpc) is 2.59. The van der Waals surface area contributed by atoms with Gasteiger partial charge in [-0.2, -0.15) is 13.2 Å². The van der Waals surface area contributed by atoms with E-state index in [0.717, 1.165) is 12.1 Å². The molecule has 0 radical (unpaired) electrons. The van der Waals surface area contributed by atoms with Crippen LogP contribution in [0, 0.1) is 5.82 Å². The van der Waals surface area contributed by atoms with Crippen molar-refractivity contribution >= 4 is 5.91 Å². The average molecular weight is 371 g/mol. The summed E-state index contributed by atoms with van der Waals surface area (Å²) in [5, 5.41) is 2.54. The number of carbonyl (C=O) groups is 1. The monoisotopic (exact) mass is 371 g/mol. The van der Waals surface area contributed by atoms with Crippen molar-refractivity contribution in [3.8, 4) is 11.5 Å². The maximum atomic E-state index is 13.7. The lowest BCUT2D eigenvalue weighted by Gasteiger charge is -2.17. The van der Waals surface area contributed by atoms with E-state index in [4.69, 9.17) is 9.47 Å². The van der Waals surface area contributed by atoms with Crippen LogP contribution in [0.25, 0.3) is 0 Å². The van der Waals surface area contributed by atoms with Gasteiger partial charge in [-0.3, -0.25) is 4.79 Å². The Bertz CT molecular complexity index is 777. The van der Waals surface area contributed by atoms with Gasteiger partial charge in [-0.15, -0.1) is 0 Å². The molecule has 0 fully saturated rings. The molecule has 26 heavy (non-hydrogen) atoms. The van der Waals surface area contributed by atoms with E-state index in [9.17, 15) is 22.4 Å². The van der Waals surface area contributed by atoms with Crippen LogP contribution < -0.4 is 14.8 Å². The number of alkyl halides is 3. The van der Waals surface area contributed by atoms with Gasteiger partial charge >= 0.3 is 6.18 Å². The van der Waals surface area contributed by atoms with Gasteiger partial charge < -0.3 is 14.8 Å². The van der Waals surface area contributed by atoms with Crippen LogP contribution in [0.1, 0.15) is 24.1 Å². The van der Waals surface area contributed by atoms with E-state index in [1.807, 2.05) is 0 Å². The van der Waals surface area contributed by atoms with Crippen molar-refractivity contribution in [1.29, 1.82) is 0 Å². The highest BCUT2D eigenvalue weighted by molar-refractivity contribution is 5.78. The van der Waals surface area contributed by atoms with Gasteiger partial charge in [0.2, 0.25) is 0 Å². The third-order valence-electron chi connectivity index (χ3n) is 3.60. The smallest absolute Gasteiger partial charge is 0.419 e. The molecule has 0 unspecified atom stereocenters. The Morgan fingerprint density at radius 2 is 1.85 bits per heavy atom. The molecular weight excluding hydrogens is 354 g/mol. The van der Waals surface area contributed by atoms with E-state index in [2.05, 4.69) is 5.32 Å². The van der Waals surface area contributed by atoms with E-state index in [0.29, 0.717) is 5.56 Å². The minimum absolute atomic E-state index is 0.0689. The van der Waals surface area contributed by atoms with Crippen molar-refractivity contribution in [3.63, 3.8) is 0 Å². The number of amides is 1. The number of methoxy groups -OCH3 is 1. The lowest BCUT2D eigenvalue weighted by molar-refractivity contribution is -0.139. The van der Waals surface area contributed by atoms with Gasteiger partial charge in [-0.05, 0) is 36.8 Å². The summed E-state index contributed by atoms with van der Waals surface area (Å²) in [7, 11) is 1.33. The molecule has 140 valence electrons. The van der Waals surface area contributed by atoms with Crippen LogP contribution in [0.2, 0.25) is 0 Å². The van der Waals surface area contributed by atoms with Crippen LogP contribution in [0.3, 0.4) is 0 Å². The van der Waals surface area contributed by atoms with Gasteiger partial charge in [0.25, 0.3) is 5.91 Å². The Labute approximate surface area is 147 Å². The Hall–Kier alpha value is -2.77. The van der Waals surface area contributed by atoms with Crippen LogP contribution in [0.15, 0.2) is 42.5 Å². The molecule has 0 spiro atoms. The first-order valence-corrected chi connectivity index (χ1v) is 7.64. The predicted molar refractivity (Wildman–Crippen MR) is 86.4 cm³/mol. The van der Waals surface area contributed by atoms with Gasteiger partial charge in [0, 0.05) is 0 Å². The summed E-state index contributed by atoms with van der Waals surface area (Å²) >= 11 is 0. The number of ether oxygens (including phenoxy) is 2. The highest BCUT2D eigenvalue weighted by Gasteiger charge is 2.34. The molecular formula is C18H17F4NO3. The Morgan fingerprint density at radius 1 is 1.15 bits per heavy atom. The maximum Gasteiger partial charge on any atom is 0.419 e. The minimum atomic E-state index is -4.58. The summed E-state index contributed by atoms with van der Waals surface area (Å²) < 4.78 is 62.1. The molecule has 2 aromatic carbocycles. The Morgan fingerprint density at radius 3 is 2.46 bits per heavy atom. The van der Waals surface area contributed by atoms with E-state index in [1.54, 1.807) is 13.0 Å². The molecule has 4 nitrogen and oxygen atoms in total. The molecule has 2 aromatic rings. The standard InChI is InChI=1S/C18H17F4NO3/c1-11(12-7-8-16(25-2)14(19)9-12)23-17(24)10-26-15-6-4-3-5-13(15)18(20,21)22/h3-9,11H,10H2,1-2H3,(H,23,24)/t11-/m0/s1. The number of hydrogen-bond acceptors (Lipinski definition) is 3. The Balaban J connectivity index is 1.98. The summed E-state index contributed by atoms with van der Waals surface area (Å²) in [6.07, 6.45) is -4.58. The van der Waals surface area contributed by atoms with E-state index < -0.39 is 41.9 Å². The van der Waals surface area contributed by atoms with Crippen LogP contribution in [0.4, 0.5) is 17.6 Å². The number of halogens is 4. The van der Waals surface area contributed by atoms with Crippen molar-refractivity contribution in [2.75, 3.05) is 13.7 Å². The molecule has 0 aromatic heterocycles. The maximum absolute atomic E-state index is 13.7. The fourth-order valence-corrected chi connectivity index (χ4v) is 2.29. The summed E-state index contributed by atoms with van der Waals surface area (Å²) in [6.45, 7) is 1.01. The lowest BCUT2D eigenvalue weighted by atomic mass is 10.1. The Kier molecular flexibility index (Phi) is 6.07. The number of nitrogens with one attached hydrogen (secondary N) is 1. The SMILES string of the molecule is COc1ccc([C@H](C)NC(=O)COc2ccccc2C(F)(F)F)cc1F. The zero-order valence-corrected chi connectivity index (χ0v) is 14.1. The molecule has 0 aliphatic rings. The summed E-state index contributed by atoms with van der Waals surface area (Å²) in [4.78, 5) is 11.9. The first-order valence-electron chi connectivity index (χ1n) is 7.64. The number of rotatable bonds is 6. The van der Waals surface area contributed by atoms with Crippen LogP contribution in [-0.4, -0.2) is 19.6 Å². The number of hydrogen-bond donors (Lipinski definition) is 1. The molecule has 0 aliphatic heterocycles. The normalized spacial score (nSPS) is 12.4. The molecule has 1 atom stereocenters. The second-order valence-corrected chi connectivity index (χ2v) is 5.47. The summed E-state index contributed by atoms with van der Waals surface area (Å²) in [5.74, 6) is -1.58. The molecule has 0 aliphatic carbocycles. The van der Waals surface area contributed by atoms with Gasteiger partial charge in [-0.1, -0.05) is 18.2 Å². The predicted octanol–water partition coefficient (Wildman–Crippen LogP) is 4.11. The zero-order chi connectivity index (χ0) is 19.3. The van der Waals surface area contributed by atoms with E-state index in [-0.39, 0.29) is 5.75 Å². The third kappa shape index (κ3) is 4.87. The van der Waals surface area contributed by atoms with Crippen LogP contribution in [-0.2, 0) is 11.0 Å². The third-order valence-corrected chi connectivity index (χ3v) is 3.60. The largest absolute Gasteiger partial charge is 0.494 e. The number of carbonyl (C=O) groups excluding carboxylic acids is 1. The van der Waals surface area contributed by atoms with Crippen molar-refractivity contribution in [1.82, 2.24) is 5.32 Å². The van der Waals surface area contributed by atoms with Crippen molar-refractivity contribution in [2.24, 2.45) is 0 Å². The molecule has 1 N–H and O–H groups in total. The van der Waals surface area contributed by atoms with Crippen molar-refractivity contribution in [2.45, 2.75) is 19.1 Å². The van der Waals surface area contributed by atoms with E-state index >= 15 is 0 Å². The van der Waals surface area contributed by atoms with Gasteiger partial charge in [0.15, 0.2) is 18.2 Å². The summed E-state index contributed by atoms with van der Waals surface area (Å²) in [6, 6.07) is 8.26. The molecule has 0 heterocycles. The highest BCUT2D eigenvalue weighted by atomic mass is 19.4. The molecule has 8 heteroatoms. The van der Waals surface area contributed by atoms with Crippen LogP contribution >= 0.6 is 0 Å². The first kappa shape index (κ1) is 19.6. The molecule has 0 saturated heterocycles. The minimum Gasteiger partial charge on any atom is -0.494 e. The summed E-state index contributed by atoms with van der Waals surface area (Å²) in [5.41, 5.74) is -0.481. The van der Waals surface area contributed by atoms with E-state index in [1.165, 1.54) is 31.4 Å². The van der Waals surface area contributed by atoms with Gasteiger partial charge in [-0.25, -0.2) is 4.39 Å². The lowest BCUT2D eigenvalue weighted by Crippen LogP contribution is -2.31. The fourth-order valence-electron chi connectivity index (χ4n) is 2.29.